The van der Waals surface area contributed by atoms with Gasteiger partial charge in [0.2, 0.25) is 0 Å². The molecule has 3 rings (SSSR count). The lowest BCUT2D eigenvalue weighted by molar-refractivity contribution is 0.0686. The van der Waals surface area contributed by atoms with Crippen molar-refractivity contribution in [1.82, 2.24) is 14.5 Å². The summed E-state index contributed by atoms with van der Waals surface area (Å²) < 4.78 is 1.16. The number of aromatic carboxylic acids is 1. The molecule has 1 aromatic carbocycles. The van der Waals surface area contributed by atoms with Crippen molar-refractivity contribution in [1.29, 1.82) is 0 Å². The molecule has 0 bridgehead atoms. The predicted molar refractivity (Wildman–Crippen MR) is 93.6 cm³/mol. The van der Waals surface area contributed by atoms with Crippen LogP contribution in [0, 0.1) is 0 Å². The van der Waals surface area contributed by atoms with E-state index < -0.39 is 23.1 Å². The van der Waals surface area contributed by atoms with Crippen LogP contribution in [0.4, 0.5) is 0 Å². The number of H-pyrrole nitrogens is 1. The molecule has 2 aromatic rings. The number of carboxylic acids is 1. The third kappa shape index (κ3) is 3.44. The van der Waals surface area contributed by atoms with Crippen molar-refractivity contribution in [2.24, 2.45) is 7.05 Å². The van der Waals surface area contributed by atoms with Gasteiger partial charge in [-0.3, -0.25) is 14.6 Å². The molecule has 0 saturated carbocycles. The molecule has 8 nitrogen and oxygen atoms in total. The minimum atomic E-state index is -0.993. The lowest BCUT2D eigenvalue weighted by atomic mass is 9.89. The van der Waals surface area contributed by atoms with Crippen molar-refractivity contribution >= 4 is 11.9 Å². The summed E-state index contributed by atoms with van der Waals surface area (Å²) >= 11 is 0. The van der Waals surface area contributed by atoms with Crippen molar-refractivity contribution in [2.45, 2.75) is 18.8 Å². The summed E-state index contributed by atoms with van der Waals surface area (Å²) in [7, 11) is 1.46. The number of hydrogen-bond acceptors (Lipinski definition) is 4. The van der Waals surface area contributed by atoms with Crippen molar-refractivity contribution in [2.75, 3.05) is 13.1 Å². The third-order valence-corrected chi connectivity index (χ3v) is 4.65. The van der Waals surface area contributed by atoms with Crippen LogP contribution < -0.4 is 11.2 Å². The van der Waals surface area contributed by atoms with Crippen LogP contribution in [0.5, 0.6) is 0 Å². The number of nitrogens with zero attached hydrogens (tertiary/aromatic N) is 2. The van der Waals surface area contributed by atoms with Crippen LogP contribution in [0.25, 0.3) is 0 Å². The van der Waals surface area contributed by atoms with E-state index in [-0.39, 0.29) is 17.0 Å². The summed E-state index contributed by atoms with van der Waals surface area (Å²) in [6, 6.07) is 6.70. The van der Waals surface area contributed by atoms with E-state index in [9.17, 15) is 19.2 Å². The molecule has 2 N–H and O–H groups in total. The molecule has 0 radical (unpaired) electrons. The molecule has 1 amide bonds. The molecule has 0 unspecified atom stereocenters. The smallest absolute Gasteiger partial charge is 0.335 e. The number of aromatic nitrogens is 2. The molecule has 1 aromatic heterocycles. The highest BCUT2D eigenvalue weighted by Gasteiger charge is 2.27. The van der Waals surface area contributed by atoms with Crippen LogP contribution in [-0.2, 0) is 7.05 Å². The van der Waals surface area contributed by atoms with Gasteiger partial charge in [-0.15, -0.1) is 0 Å². The van der Waals surface area contributed by atoms with Gasteiger partial charge in [0.05, 0.1) is 5.56 Å². The van der Waals surface area contributed by atoms with Crippen molar-refractivity contribution in [3.63, 3.8) is 0 Å². The SMILES string of the molecule is Cn1cc(C(=O)N2CCC[C@H](c3cccc(C(=O)O)c3)C2)c(=O)[nH]c1=O. The molecule has 1 atom stereocenters. The van der Waals surface area contributed by atoms with Gasteiger partial charge in [0.25, 0.3) is 11.5 Å². The maximum Gasteiger partial charge on any atom is 0.335 e. The first kappa shape index (κ1) is 17.7. The Morgan fingerprint density at radius 1 is 1.27 bits per heavy atom. The summed E-state index contributed by atoms with van der Waals surface area (Å²) in [6.45, 7) is 0.903. The number of nitrogens with one attached hydrogen (secondary N) is 1. The van der Waals surface area contributed by atoms with Crippen LogP contribution in [0.2, 0.25) is 0 Å². The summed E-state index contributed by atoms with van der Waals surface area (Å²) in [5, 5.41) is 9.14. The number of hydrogen-bond donors (Lipinski definition) is 2. The average molecular weight is 357 g/mol. The average Bonchev–Trinajstić information content (AvgIpc) is 2.64. The minimum Gasteiger partial charge on any atom is -0.478 e. The summed E-state index contributed by atoms with van der Waals surface area (Å²) in [4.78, 5) is 51.0. The van der Waals surface area contributed by atoms with Crippen LogP contribution in [0.1, 0.15) is 45.0 Å². The van der Waals surface area contributed by atoms with Crippen LogP contribution >= 0.6 is 0 Å². The molecule has 1 saturated heterocycles. The molecular formula is C18H19N3O5. The normalized spacial score (nSPS) is 17.1. The van der Waals surface area contributed by atoms with Crippen LogP contribution in [0.15, 0.2) is 40.1 Å². The first-order valence-corrected chi connectivity index (χ1v) is 8.29. The topological polar surface area (TPSA) is 112 Å². The number of carboxylic acid groups (broad SMARTS) is 1. The lowest BCUT2D eigenvalue weighted by Crippen LogP contribution is -2.43. The second kappa shape index (κ2) is 6.99. The maximum atomic E-state index is 12.7. The van der Waals surface area contributed by atoms with E-state index in [1.165, 1.54) is 19.3 Å². The number of aromatic amines is 1. The van der Waals surface area contributed by atoms with Gasteiger partial charge in [-0.05, 0) is 30.5 Å². The number of benzene rings is 1. The number of carbonyl (C=O) groups is 2. The monoisotopic (exact) mass is 357 g/mol. The van der Waals surface area contributed by atoms with Gasteiger partial charge >= 0.3 is 11.7 Å². The standard InChI is InChI=1S/C18H19N3O5/c1-20-10-14(15(22)19-18(20)26)16(23)21-7-3-6-13(9-21)11-4-2-5-12(8-11)17(24)25/h2,4-5,8,10,13H,3,6-7,9H2,1H3,(H,24,25)(H,19,22,26)/t13-/m0/s1. The fourth-order valence-electron chi connectivity index (χ4n) is 3.25. The zero-order valence-electron chi connectivity index (χ0n) is 14.3. The summed E-state index contributed by atoms with van der Waals surface area (Å²) in [5.74, 6) is -1.42. The van der Waals surface area contributed by atoms with Gasteiger partial charge in [0.1, 0.15) is 5.56 Å². The molecule has 1 fully saturated rings. The number of piperidine rings is 1. The highest BCUT2D eigenvalue weighted by atomic mass is 16.4. The van der Waals surface area contributed by atoms with Crippen LogP contribution in [0.3, 0.4) is 0 Å². The Hall–Kier alpha value is -3.16. The third-order valence-electron chi connectivity index (χ3n) is 4.65. The van der Waals surface area contributed by atoms with Gasteiger partial charge in [0.15, 0.2) is 0 Å². The molecular weight excluding hydrogens is 338 g/mol. The Morgan fingerprint density at radius 3 is 2.77 bits per heavy atom. The van der Waals surface area contributed by atoms with E-state index in [0.717, 1.165) is 23.0 Å². The molecule has 0 spiro atoms. The van der Waals surface area contributed by atoms with E-state index in [0.29, 0.717) is 13.1 Å². The zero-order chi connectivity index (χ0) is 18.8. The molecule has 0 aliphatic carbocycles. The number of likely N-dealkylation sites (tertiary alicyclic amines) is 1. The zero-order valence-corrected chi connectivity index (χ0v) is 14.3. The first-order valence-electron chi connectivity index (χ1n) is 8.29. The van der Waals surface area contributed by atoms with E-state index >= 15 is 0 Å². The predicted octanol–water partition coefficient (Wildman–Crippen LogP) is 0.792. The number of amides is 1. The molecule has 26 heavy (non-hydrogen) atoms. The fourth-order valence-corrected chi connectivity index (χ4v) is 3.25. The first-order chi connectivity index (χ1) is 12.4. The van der Waals surface area contributed by atoms with Crippen molar-refractivity contribution in [3.05, 3.63) is 68.0 Å². The van der Waals surface area contributed by atoms with Gasteiger partial charge in [-0.1, -0.05) is 12.1 Å². The Bertz CT molecular complexity index is 975. The van der Waals surface area contributed by atoms with Gasteiger partial charge < -0.3 is 14.6 Å². The highest BCUT2D eigenvalue weighted by Crippen LogP contribution is 2.28. The van der Waals surface area contributed by atoms with Crippen molar-refractivity contribution in [3.8, 4) is 0 Å². The number of rotatable bonds is 3. The Balaban J connectivity index is 1.85. The van der Waals surface area contributed by atoms with Crippen LogP contribution in [-0.4, -0.2) is 44.5 Å². The van der Waals surface area contributed by atoms with Gasteiger partial charge in [-0.25, -0.2) is 9.59 Å². The Kier molecular flexibility index (Phi) is 4.75. The molecule has 2 heterocycles. The largest absolute Gasteiger partial charge is 0.478 e. The molecule has 1 aliphatic heterocycles. The minimum absolute atomic E-state index is 0.00128. The molecule has 136 valence electrons. The second-order valence-corrected chi connectivity index (χ2v) is 6.43. The van der Waals surface area contributed by atoms with E-state index in [1.807, 2.05) is 6.07 Å². The Labute approximate surface area is 148 Å². The van der Waals surface area contributed by atoms with E-state index in [1.54, 1.807) is 17.0 Å². The quantitative estimate of drug-likeness (QED) is 0.843. The fraction of sp³-hybridized carbons (Fsp3) is 0.333. The molecule has 1 aliphatic rings. The second-order valence-electron chi connectivity index (χ2n) is 6.43. The Morgan fingerprint density at radius 2 is 2.04 bits per heavy atom. The van der Waals surface area contributed by atoms with E-state index in [4.69, 9.17) is 5.11 Å². The van der Waals surface area contributed by atoms with Gasteiger partial charge in [0, 0.05) is 32.3 Å². The highest BCUT2D eigenvalue weighted by molar-refractivity contribution is 5.93. The lowest BCUT2D eigenvalue weighted by Gasteiger charge is -2.33. The summed E-state index contributed by atoms with van der Waals surface area (Å²) in [6.07, 6.45) is 2.83. The summed E-state index contributed by atoms with van der Waals surface area (Å²) in [5.41, 5.74) is -0.286. The molecule has 8 heteroatoms. The van der Waals surface area contributed by atoms with E-state index in [2.05, 4.69) is 4.98 Å². The maximum absolute atomic E-state index is 12.7. The van der Waals surface area contributed by atoms with Gasteiger partial charge in [-0.2, -0.15) is 0 Å². The van der Waals surface area contributed by atoms with Crippen molar-refractivity contribution < 1.29 is 14.7 Å². The number of carbonyl (C=O) groups excluding carboxylic acids is 1. The number of aryl methyl sites for hydroxylation is 1.